The van der Waals surface area contributed by atoms with Crippen LogP contribution in [0.15, 0.2) is 0 Å². The molecule has 0 fully saturated rings. The highest BCUT2D eigenvalue weighted by Crippen LogP contribution is 2.19. The number of hydrogen-bond donors (Lipinski definition) is 1. The highest BCUT2D eigenvalue weighted by Gasteiger charge is 2.10. The first-order valence-electron chi connectivity index (χ1n) is 10.6. The summed E-state index contributed by atoms with van der Waals surface area (Å²) in [5, 5.41) is 9.50. The van der Waals surface area contributed by atoms with Crippen LogP contribution in [-0.2, 0) is 4.74 Å². The monoisotopic (exact) mass is 362 g/mol. The normalized spacial score (nSPS) is 14.0. The van der Waals surface area contributed by atoms with Crippen molar-refractivity contribution in [2.45, 2.75) is 110 Å². The highest BCUT2D eigenvalue weighted by atomic mass is 35.5. The average Bonchev–Trinajstić information content (AvgIpc) is 2.59. The van der Waals surface area contributed by atoms with Crippen LogP contribution < -0.4 is 0 Å². The molecule has 0 aliphatic carbocycles. The molecule has 0 spiro atoms. The molecule has 2 nitrogen and oxygen atoms in total. The number of hydrogen-bond acceptors (Lipinski definition) is 2. The molecule has 0 aromatic carbocycles. The molecule has 0 aliphatic heterocycles. The fourth-order valence-electron chi connectivity index (χ4n) is 3.15. The Hall–Kier alpha value is 0.210. The molecule has 0 saturated heterocycles. The Balaban J connectivity index is 3.80. The molecular weight excluding hydrogens is 320 g/mol. The van der Waals surface area contributed by atoms with Gasteiger partial charge in [0, 0.05) is 6.61 Å². The van der Waals surface area contributed by atoms with Crippen molar-refractivity contribution in [2.24, 2.45) is 5.92 Å². The summed E-state index contributed by atoms with van der Waals surface area (Å²) in [7, 11) is 0. The molecule has 0 rings (SSSR count). The number of aliphatic hydroxyl groups is 1. The van der Waals surface area contributed by atoms with E-state index in [0.717, 1.165) is 6.61 Å². The third-order valence-corrected chi connectivity index (χ3v) is 5.13. The second kappa shape index (κ2) is 19.5. The molecule has 24 heavy (non-hydrogen) atoms. The van der Waals surface area contributed by atoms with Gasteiger partial charge in [0.1, 0.15) is 0 Å². The summed E-state index contributed by atoms with van der Waals surface area (Å²) in [5.41, 5.74) is 0. The molecule has 0 radical (unpaired) electrons. The van der Waals surface area contributed by atoms with Crippen molar-refractivity contribution < 1.29 is 9.84 Å². The molecule has 2 atom stereocenters. The summed E-state index contributed by atoms with van der Waals surface area (Å²) in [6.45, 7) is 5.70. The van der Waals surface area contributed by atoms with E-state index in [9.17, 15) is 5.11 Å². The summed E-state index contributed by atoms with van der Waals surface area (Å²) in [4.78, 5) is 0. The Labute approximate surface area is 156 Å². The molecule has 1 N–H and O–H groups in total. The smallest absolute Gasteiger partial charge is 0.0908 e. The summed E-state index contributed by atoms with van der Waals surface area (Å²) >= 11 is 5.62. The van der Waals surface area contributed by atoms with E-state index in [1.54, 1.807) is 0 Å². The average molecular weight is 363 g/mol. The van der Waals surface area contributed by atoms with E-state index in [1.165, 1.54) is 89.9 Å². The number of alkyl halides is 1. The molecule has 0 aliphatic rings. The maximum absolute atomic E-state index is 9.50. The van der Waals surface area contributed by atoms with Gasteiger partial charge in [-0.2, -0.15) is 0 Å². The zero-order chi connectivity index (χ0) is 17.9. The van der Waals surface area contributed by atoms with E-state index >= 15 is 0 Å². The minimum absolute atomic E-state index is 0.263. The zero-order valence-electron chi connectivity index (χ0n) is 16.4. The van der Waals surface area contributed by atoms with E-state index in [2.05, 4.69) is 13.8 Å². The van der Waals surface area contributed by atoms with E-state index in [1.807, 2.05) is 0 Å². The van der Waals surface area contributed by atoms with Crippen molar-refractivity contribution in [3.8, 4) is 0 Å². The van der Waals surface area contributed by atoms with Gasteiger partial charge < -0.3 is 9.84 Å². The molecule has 0 saturated carbocycles. The van der Waals surface area contributed by atoms with Crippen molar-refractivity contribution in [1.29, 1.82) is 0 Å². The summed E-state index contributed by atoms with van der Waals surface area (Å²) in [5.74, 6) is 0.921. The number of rotatable bonds is 19. The van der Waals surface area contributed by atoms with Gasteiger partial charge in [-0.05, 0) is 18.8 Å². The van der Waals surface area contributed by atoms with Crippen LogP contribution >= 0.6 is 11.6 Å². The fourth-order valence-corrected chi connectivity index (χ4v) is 3.24. The number of unbranched alkanes of at least 4 members (excludes halogenated alkanes) is 10. The van der Waals surface area contributed by atoms with E-state index in [-0.39, 0.29) is 5.88 Å². The van der Waals surface area contributed by atoms with Gasteiger partial charge in [-0.3, -0.25) is 0 Å². The number of aliphatic hydroxyl groups excluding tert-OH is 1. The number of ether oxygens (including phenoxy) is 1. The summed E-state index contributed by atoms with van der Waals surface area (Å²) < 4.78 is 5.70. The SMILES string of the molecule is CCCCCCCCC[C@@H](CCCCCCC)COC[C@@H](O)CCl. The van der Waals surface area contributed by atoms with Gasteiger partial charge in [0.15, 0.2) is 0 Å². The first kappa shape index (κ1) is 24.2. The Kier molecular flexibility index (Phi) is 19.7. The van der Waals surface area contributed by atoms with Gasteiger partial charge in [0.05, 0.1) is 18.6 Å². The van der Waals surface area contributed by atoms with Crippen LogP contribution in [0.4, 0.5) is 0 Å². The van der Waals surface area contributed by atoms with Crippen molar-refractivity contribution in [3.63, 3.8) is 0 Å². The molecule has 0 aromatic rings. The van der Waals surface area contributed by atoms with Crippen LogP contribution in [-0.4, -0.2) is 30.3 Å². The third kappa shape index (κ3) is 17.0. The lowest BCUT2D eigenvalue weighted by Crippen LogP contribution is -2.20. The van der Waals surface area contributed by atoms with E-state index in [4.69, 9.17) is 16.3 Å². The first-order valence-corrected chi connectivity index (χ1v) is 11.1. The molecule has 3 heteroatoms. The molecule has 0 aromatic heterocycles. The van der Waals surface area contributed by atoms with Crippen molar-refractivity contribution in [2.75, 3.05) is 19.1 Å². The summed E-state index contributed by atoms with van der Waals surface area (Å²) in [6, 6.07) is 0. The van der Waals surface area contributed by atoms with E-state index < -0.39 is 6.10 Å². The van der Waals surface area contributed by atoms with Gasteiger partial charge in [-0.15, -0.1) is 11.6 Å². The highest BCUT2D eigenvalue weighted by molar-refractivity contribution is 6.18. The second-order valence-corrected chi connectivity index (χ2v) is 7.63. The van der Waals surface area contributed by atoms with Gasteiger partial charge in [-0.25, -0.2) is 0 Å². The van der Waals surface area contributed by atoms with Crippen LogP contribution in [0.3, 0.4) is 0 Å². The van der Waals surface area contributed by atoms with Crippen LogP contribution in [0, 0.1) is 5.92 Å². The van der Waals surface area contributed by atoms with Gasteiger partial charge in [0.2, 0.25) is 0 Å². The van der Waals surface area contributed by atoms with Gasteiger partial charge in [0.25, 0.3) is 0 Å². The quantitative estimate of drug-likeness (QED) is 0.204. The minimum atomic E-state index is -0.518. The zero-order valence-corrected chi connectivity index (χ0v) is 17.2. The van der Waals surface area contributed by atoms with Gasteiger partial charge >= 0.3 is 0 Å². The predicted octanol–water partition coefficient (Wildman–Crippen LogP) is 6.72. The Morgan fingerprint density at radius 3 is 1.62 bits per heavy atom. The number of halogens is 1. The summed E-state index contributed by atoms with van der Waals surface area (Å²) in [6.07, 6.45) is 18.3. The van der Waals surface area contributed by atoms with Crippen LogP contribution in [0.5, 0.6) is 0 Å². The molecule has 0 unspecified atom stereocenters. The lowest BCUT2D eigenvalue weighted by Gasteiger charge is -2.18. The van der Waals surface area contributed by atoms with Crippen molar-refractivity contribution in [3.05, 3.63) is 0 Å². The lowest BCUT2D eigenvalue weighted by atomic mass is 9.95. The Morgan fingerprint density at radius 1 is 0.708 bits per heavy atom. The van der Waals surface area contributed by atoms with Crippen LogP contribution in [0.25, 0.3) is 0 Å². The third-order valence-electron chi connectivity index (χ3n) is 4.77. The Morgan fingerprint density at radius 2 is 1.17 bits per heavy atom. The first-order chi connectivity index (χ1) is 11.7. The molecule has 146 valence electrons. The maximum Gasteiger partial charge on any atom is 0.0908 e. The van der Waals surface area contributed by atoms with Crippen molar-refractivity contribution >= 4 is 11.6 Å². The van der Waals surface area contributed by atoms with Crippen molar-refractivity contribution in [1.82, 2.24) is 0 Å². The molecule has 0 heterocycles. The molecular formula is C21H43ClO2. The van der Waals surface area contributed by atoms with Crippen LogP contribution in [0.2, 0.25) is 0 Å². The fraction of sp³-hybridized carbons (Fsp3) is 1.00. The maximum atomic E-state index is 9.50. The van der Waals surface area contributed by atoms with E-state index in [0.29, 0.717) is 12.5 Å². The predicted molar refractivity (Wildman–Crippen MR) is 107 cm³/mol. The van der Waals surface area contributed by atoms with Crippen LogP contribution in [0.1, 0.15) is 104 Å². The lowest BCUT2D eigenvalue weighted by molar-refractivity contribution is 0.0269. The Bertz CT molecular complexity index is 236. The largest absolute Gasteiger partial charge is 0.389 e. The van der Waals surface area contributed by atoms with Gasteiger partial charge in [-0.1, -0.05) is 90.9 Å². The molecule has 0 amide bonds. The second-order valence-electron chi connectivity index (χ2n) is 7.32. The topological polar surface area (TPSA) is 29.5 Å². The minimum Gasteiger partial charge on any atom is -0.389 e. The standard InChI is InChI=1S/C21H43ClO2/c1-3-5-7-9-10-12-14-16-20(15-13-11-8-6-4-2)18-24-19-21(23)17-22/h20-21,23H,3-19H2,1-2H3/t20-,21+/m1/s1. The molecule has 0 bridgehead atoms.